The van der Waals surface area contributed by atoms with Gasteiger partial charge in [0.25, 0.3) is 0 Å². The van der Waals surface area contributed by atoms with Crippen LogP contribution in [0.5, 0.6) is 0 Å². The largest absolute Gasteiger partial charge is 0.312 e. The fraction of sp³-hybridized carbons (Fsp3) is 0.562. The molecule has 5 nitrogen and oxygen atoms in total. The first-order chi connectivity index (χ1) is 10.9. The Morgan fingerprint density at radius 1 is 1.26 bits per heavy atom. The second-order valence-electron chi connectivity index (χ2n) is 6.09. The highest BCUT2D eigenvalue weighted by atomic mass is 79.9. The molecule has 2 aliphatic rings. The summed E-state index contributed by atoms with van der Waals surface area (Å²) in [6, 6.07) is 6.06. The quantitative estimate of drug-likeness (QED) is 0.782. The number of nitrogens with zero attached hydrogens (tertiary/aromatic N) is 2. The Hall–Kier alpha value is -0.920. The number of fused-ring (bicyclic) bond motifs is 1. The van der Waals surface area contributed by atoms with E-state index < -0.39 is 10.0 Å². The third kappa shape index (κ3) is 3.32. The number of hydrogen-bond donors (Lipinski definition) is 0. The van der Waals surface area contributed by atoms with E-state index in [0.717, 1.165) is 23.1 Å². The van der Waals surface area contributed by atoms with Crippen LogP contribution in [-0.4, -0.2) is 44.0 Å². The van der Waals surface area contributed by atoms with E-state index in [4.69, 9.17) is 0 Å². The predicted molar refractivity (Wildman–Crippen MR) is 94.0 cm³/mol. The van der Waals surface area contributed by atoms with Crippen molar-refractivity contribution in [3.8, 4) is 0 Å². The van der Waals surface area contributed by atoms with Gasteiger partial charge in [-0.2, -0.15) is 0 Å². The summed E-state index contributed by atoms with van der Waals surface area (Å²) in [5.74, 6) is 0.178. The molecule has 0 aromatic heterocycles. The van der Waals surface area contributed by atoms with Gasteiger partial charge in [-0.15, -0.1) is 0 Å². The van der Waals surface area contributed by atoms with E-state index in [1.165, 1.54) is 9.87 Å². The maximum absolute atomic E-state index is 12.8. The summed E-state index contributed by atoms with van der Waals surface area (Å²) >= 11 is 3.46. The zero-order chi connectivity index (χ0) is 16.6. The van der Waals surface area contributed by atoms with Crippen molar-refractivity contribution in [3.63, 3.8) is 0 Å². The topological polar surface area (TPSA) is 57.7 Å². The second kappa shape index (κ2) is 6.53. The Labute approximate surface area is 145 Å². The fourth-order valence-electron chi connectivity index (χ4n) is 3.37. The van der Waals surface area contributed by atoms with Crippen LogP contribution in [0.15, 0.2) is 22.7 Å². The molecule has 0 unspecified atom stereocenters. The first-order valence-electron chi connectivity index (χ1n) is 8.00. The van der Waals surface area contributed by atoms with E-state index in [-0.39, 0.29) is 17.6 Å². The predicted octanol–water partition coefficient (Wildman–Crippen LogP) is 2.40. The molecule has 0 radical (unpaired) electrons. The highest BCUT2D eigenvalue weighted by molar-refractivity contribution is 9.10. The minimum Gasteiger partial charge on any atom is -0.312 e. The van der Waals surface area contributed by atoms with E-state index in [0.29, 0.717) is 25.9 Å². The average Bonchev–Trinajstić information content (AvgIpc) is 2.97. The molecule has 0 N–H and O–H groups in total. The molecule has 3 rings (SSSR count). The van der Waals surface area contributed by atoms with E-state index in [1.54, 1.807) is 6.92 Å². The highest BCUT2D eigenvalue weighted by Crippen LogP contribution is 2.33. The van der Waals surface area contributed by atoms with Crippen molar-refractivity contribution in [2.75, 3.05) is 30.3 Å². The summed E-state index contributed by atoms with van der Waals surface area (Å²) in [6.45, 7) is 3.28. The molecule has 0 aliphatic carbocycles. The van der Waals surface area contributed by atoms with Crippen molar-refractivity contribution in [3.05, 3.63) is 28.2 Å². The third-order valence-electron chi connectivity index (χ3n) is 4.77. The van der Waals surface area contributed by atoms with Crippen LogP contribution in [-0.2, 0) is 21.2 Å². The lowest BCUT2D eigenvalue weighted by Gasteiger charge is -2.32. The van der Waals surface area contributed by atoms with Gasteiger partial charge in [0.15, 0.2) is 0 Å². The zero-order valence-electron chi connectivity index (χ0n) is 13.2. The zero-order valence-corrected chi connectivity index (χ0v) is 15.6. The summed E-state index contributed by atoms with van der Waals surface area (Å²) in [4.78, 5) is 14.7. The maximum atomic E-state index is 12.8. The van der Waals surface area contributed by atoms with Crippen LogP contribution in [0, 0.1) is 5.92 Å². The Balaban J connectivity index is 1.69. The lowest BCUT2D eigenvalue weighted by Crippen LogP contribution is -2.44. The number of anilines is 1. The average molecular weight is 401 g/mol. The summed E-state index contributed by atoms with van der Waals surface area (Å²) in [7, 11) is -3.14. The van der Waals surface area contributed by atoms with Crippen molar-refractivity contribution in [2.24, 2.45) is 5.92 Å². The van der Waals surface area contributed by atoms with Gasteiger partial charge in [-0.3, -0.25) is 4.79 Å². The Morgan fingerprint density at radius 2 is 1.96 bits per heavy atom. The molecule has 1 aromatic rings. The third-order valence-corrected chi connectivity index (χ3v) is 7.15. The van der Waals surface area contributed by atoms with Crippen LogP contribution in [0.3, 0.4) is 0 Å². The minimum atomic E-state index is -3.14. The monoisotopic (exact) mass is 400 g/mol. The molecule has 0 spiro atoms. The lowest BCUT2D eigenvalue weighted by molar-refractivity contribution is -0.123. The number of benzene rings is 1. The van der Waals surface area contributed by atoms with Crippen LogP contribution < -0.4 is 4.90 Å². The smallest absolute Gasteiger partial charge is 0.230 e. The molecule has 126 valence electrons. The molecule has 2 aliphatic heterocycles. The van der Waals surface area contributed by atoms with Crippen molar-refractivity contribution >= 4 is 37.5 Å². The van der Waals surface area contributed by atoms with Crippen molar-refractivity contribution < 1.29 is 13.2 Å². The van der Waals surface area contributed by atoms with Gasteiger partial charge in [-0.25, -0.2) is 12.7 Å². The molecule has 1 fully saturated rings. The van der Waals surface area contributed by atoms with Crippen LogP contribution in [0.4, 0.5) is 5.69 Å². The Kier molecular flexibility index (Phi) is 4.80. The SMILES string of the molecule is CCS(=O)(=O)N1CCC(C(=O)N2CCc3ccc(Br)cc32)CC1. The molecule has 1 amide bonds. The second-order valence-corrected chi connectivity index (χ2v) is 9.26. The number of piperidine rings is 1. The number of rotatable bonds is 3. The molecule has 1 aromatic carbocycles. The number of carbonyl (C=O) groups is 1. The van der Waals surface area contributed by atoms with E-state index in [2.05, 4.69) is 22.0 Å². The number of carbonyl (C=O) groups excluding carboxylic acids is 1. The molecule has 0 saturated carbocycles. The molecule has 2 heterocycles. The summed E-state index contributed by atoms with van der Waals surface area (Å²) in [6.07, 6.45) is 2.10. The molecular formula is C16H21BrN2O3S. The molecular weight excluding hydrogens is 380 g/mol. The Bertz CT molecular complexity index is 712. The van der Waals surface area contributed by atoms with Gasteiger partial charge < -0.3 is 4.90 Å². The van der Waals surface area contributed by atoms with Gasteiger partial charge in [0.05, 0.1) is 5.75 Å². The van der Waals surface area contributed by atoms with Crippen LogP contribution in [0.2, 0.25) is 0 Å². The maximum Gasteiger partial charge on any atom is 0.230 e. The summed E-state index contributed by atoms with van der Waals surface area (Å²) in [5.41, 5.74) is 2.19. The summed E-state index contributed by atoms with van der Waals surface area (Å²) in [5, 5.41) is 0. The van der Waals surface area contributed by atoms with Gasteiger partial charge in [0, 0.05) is 35.7 Å². The normalized spacial score (nSPS) is 19.8. The summed E-state index contributed by atoms with van der Waals surface area (Å²) < 4.78 is 26.3. The number of halogens is 1. The van der Waals surface area contributed by atoms with E-state index in [1.807, 2.05) is 17.0 Å². The van der Waals surface area contributed by atoms with Gasteiger partial charge in [0.1, 0.15) is 0 Å². The van der Waals surface area contributed by atoms with Gasteiger partial charge in [-0.05, 0) is 43.9 Å². The van der Waals surface area contributed by atoms with Gasteiger partial charge in [0.2, 0.25) is 15.9 Å². The first-order valence-corrected chi connectivity index (χ1v) is 10.4. The molecule has 23 heavy (non-hydrogen) atoms. The molecule has 7 heteroatoms. The molecule has 0 bridgehead atoms. The van der Waals surface area contributed by atoms with Crippen molar-refractivity contribution in [2.45, 2.75) is 26.2 Å². The van der Waals surface area contributed by atoms with E-state index in [9.17, 15) is 13.2 Å². The van der Waals surface area contributed by atoms with Crippen molar-refractivity contribution in [1.29, 1.82) is 0 Å². The standard InChI is InChI=1S/C16H21BrN2O3S/c1-2-23(21,22)18-8-5-13(6-9-18)16(20)19-10-7-12-3-4-14(17)11-15(12)19/h3-4,11,13H,2,5-10H2,1H3. The fourth-order valence-corrected chi connectivity index (χ4v) is 4.85. The molecule has 0 atom stereocenters. The van der Waals surface area contributed by atoms with Crippen LogP contribution in [0.25, 0.3) is 0 Å². The van der Waals surface area contributed by atoms with Crippen LogP contribution in [0.1, 0.15) is 25.3 Å². The molecule has 1 saturated heterocycles. The van der Waals surface area contributed by atoms with E-state index >= 15 is 0 Å². The Morgan fingerprint density at radius 3 is 2.61 bits per heavy atom. The first kappa shape index (κ1) is 16.9. The number of hydrogen-bond acceptors (Lipinski definition) is 3. The van der Waals surface area contributed by atoms with Gasteiger partial charge in [-0.1, -0.05) is 22.0 Å². The number of amides is 1. The van der Waals surface area contributed by atoms with Gasteiger partial charge >= 0.3 is 0 Å². The number of sulfonamides is 1. The van der Waals surface area contributed by atoms with Crippen molar-refractivity contribution in [1.82, 2.24) is 4.31 Å². The highest BCUT2D eigenvalue weighted by Gasteiger charge is 2.34. The van der Waals surface area contributed by atoms with Crippen LogP contribution >= 0.6 is 15.9 Å². The minimum absolute atomic E-state index is 0.0803. The lowest BCUT2D eigenvalue weighted by atomic mass is 9.96.